The lowest BCUT2D eigenvalue weighted by Crippen LogP contribution is -2.21. The number of hydrogen-bond donors (Lipinski definition) is 2. The monoisotopic (exact) mass is 733 g/mol. The third-order valence-electron chi connectivity index (χ3n) is 6.63. The van der Waals surface area contributed by atoms with Crippen LogP contribution in [0.4, 0.5) is 19.8 Å². The maximum Gasteiger partial charge on any atom is 0.510 e. The van der Waals surface area contributed by atoms with Gasteiger partial charge in [-0.2, -0.15) is 15.1 Å². The first-order chi connectivity index (χ1) is 23.2. The first-order valence-electron chi connectivity index (χ1n) is 15.1. The second-order valence-corrected chi connectivity index (χ2v) is 13.6. The molecule has 1 aliphatic heterocycles. The number of aromatic nitrogens is 4. The van der Waals surface area contributed by atoms with E-state index in [4.69, 9.17) is 49.1 Å². The summed E-state index contributed by atoms with van der Waals surface area (Å²) < 4.78 is 69.1. The Balaban J connectivity index is 1.37. The van der Waals surface area contributed by atoms with Crippen molar-refractivity contribution >= 4 is 48.4 Å². The van der Waals surface area contributed by atoms with Crippen LogP contribution in [0.3, 0.4) is 0 Å². The van der Waals surface area contributed by atoms with Crippen molar-refractivity contribution in [1.29, 1.82) is 0 Å². The highest BCUT2D eigenvalue weighted by molar-refractivity contribution is 7.53. The lowest BCUT2D eigenvalue weighted by Gasteiger charge is -2.20. The lowest BCUT2D eigenvalue weighted by atomic mass is 10.1. The van der Waals surface area contributed by atoms with Crippen molar-refractivity contribution in [3.63, 3.8) is 0 Å². The second kappa shape index (κ2) is 17.3. The molecule has 3 aromatic rings. The molecule has 4 atom stereocenters. The molecule has 0 amide bonds. The molecule has 0 aliphatic carbocycles. The Hall–Kier alpha value is -3.64. The summed E-state index contributed by atoms with van der Waals surface area (Å²) in [6.45, 7) is 6.46. The van der Waals surface area contributed by atoms with Gasteiger partial charge in [0.25, 0.3) is 0 Å². The first-order valence-corrected chi connectivity index (χ1v) is 17.2. The van der Waals surface area contributed by atoms with Crippen LogP contribution in [0.1, 0.15) is 58.9 Å². The summed E-state index contributed by atoms with van der Waals surface area (Å²) in [4.78, 5) is 31.9. The highest BCUT2D eigenvalue weighted by atomic mass is 35.5. The Labute approximate surface area is 285 Å². The molecular formula is C29H38ClFN5O12P. The van der Waals surface area contributed by atoms with Gasteiger partial charge in [-0.05, 0) is 63.9 Å². The molecule has 49 heavy (non-hydrogen) atoms. The van der Waals surface area contributed by atoms with Crippen LogP contribution in [0.5, 0.6) is 0 Å². The van der Waals surface area contributed by atoms with Gasteiger partial charge in [0, 0.05) is 12.5 Å². The average Bonchev–Trinajstić information content (AvgIpc) is 3.59. The van der Waals surface area contributed by atoms with Crippen molar-refractivity contribution in [3.8, 4) is 0 Å². The van der Waals surface area contributed by atoms with Crippen LogP contribution >= 0.6 is 19.2 Å². The molecule has 1 aromatic carbocycles. The van der Waals surface area contributed by atoms with Crippen LogP contribution < -0.4 is 5.32 Å². The van der Waals surface area contributed by atoms with Gasteiger partial charge in [0.15, 0.2) is 11.9 Å². The molecule has 2 aromatic heterocycles. The largest absolute Gasteiger partial charge is 0.510 e. The average molecular weight is 734 g/mol. The number of carbonyl (C=O) groups is 2. The normalized spacial score (nSPS) is 18.5. The van der Waals surface area contributed by atoms with Crippen molar-refractivity contribution < 1.29 is 61.1 Å². The van der Waals surface area contributed by atoms with Crippen LogP contribution in [0.15, 0.2) is 30.5 Å². The summed E-state index contributed by atoms with van der Waals surface area (Å²) in [5.41, 5.74) is 1.08. The van der Waals surface area contributed by atoms with E-state index in [0.29, 0.717) is 11.2 Å². The number of aliphatic hydroxyl groups is 1. The minimum absolute atomic E-state index is 0.0888. The Kier molecular flexibility index (Phi) is 13.5. The lowest BCUT2D eigenvalue weighted by molar-refractivity contribution is -0.0652. The maximum atomic E-state index is 13.4. The Morgan fingerprint density at radius 2 is 1.67 bits per heavy atom. The molecule has 17 nitrogen and oxygen atoms in total. The molecule has 0 saturated carbocycles. The third kappa shape index (κ3) is 11.2. The number of benzene rings is 1. The Morgan fingerprint density at radius 1 is 1.06 bits per heavy atom. The maximum absolute atomic E-state index is 13.4. The first kappa shape index (κ1) is 38.2. The minimum Gasteiger partial charge on any atom is -0.432 e. The molecule has 0 unspecified atom stereocenters. The van der Waals surface area contributed by atoms with Gasteiger partial charge in [-0.1, -0.05) is 12.1 Å². The minimum atomic E-state index is -4.20. The fraction of sp³-hybridized carbons (Fsp3) is 0.552. The smallest absolute Gasteiger partial charge is 0.432 e. The summed E-state index contributed by atoms with van der Waals surface area (Å²) in [6.07, 6.45) is -4.92. The van der Waals surface area contributed by atoms with Crippen LogP contribution in [0.2, 0.25) is 5.28 Å². The number of nitrogens with zero attached hydrogens (tertiary/aromatic N) is 4. The predicted octanol–water partition coefficient (Wildman–Crippen LogP) is 5.68. The van der Waals surface area contributed by atoms with Gasteiger partial charge < -0.3 is 38.8 Å². The van der Waals surface area contributed by atoms with Gasteiger partial charge in [0.05, 0.1) is 36.5 Å². The molecule has 0 radical (unpaired) electrons. The number of anilines is 1. The number of hydrogen-bond acceptors (Lipinski definition) is 16. The predicted molar refractivity (Wildman–Crippen MR) is 169 cm³/mol. The van der Waals surface area contributed by atoms with Crippen molar-refractivity contribution in [2.45, 2.75) is 77.7 Å². The van der Waals surface area contributed by atoms with Crippen molar-refractivity contribution in [2.75, 3.05) is 31.9 Å². The van der Waals surface area contributed by atoms with Gasteiger partial charge in [-0.15, -0.1) is 0 Å². The molecule has 4 rings (SSSR count). The van der Waals surface area contributed by atoms with E-state index in [1.807, 2.05) is 6.92 Å². The highest BCUT2D eigenvalue weighted by Gasteiger charge is 2.38. The molecular weight excluding hydrogens is 696 g/mol. The zero-order chi connectivity index (χ0) is 35.7. The molecule has 1 saturated heterocycles. The standard InChI is InChI=1S/C29H38ClFN5O12P/c1-16(2)46-28(38)42-13-44-49(40,45-14-43-29(39)47-17(3)4)15-41-12-21-10-23(37)26(48-21)36-25-22(11-32-36)24(34-27(30)35-25)33-18(5)19-6-8-20(31)9-7-19/h6-9,11,16-18,21,23,26,37H,10,12-15H2,1-5H3,(H,33,34,35)/t18-,21-,23+,26+/m0/s1. The number of halogens is 2. The van der Waals surface area contributed by atoms with E-state index >= 15 is 0 Å². The van der Waals surface area contributed by atoms with Gasteiger partial charge in [0.1, 0.15) is 24.1 Å². The zero-order valence-corrected chi connectivity index (χ0v) is 29.0. The third-order valence-corrected chi connectivity index (χ3v) is 8.29. The topological polar surface area (TPSA) is 201 Å². The highest BCUT2D eigenvalue weighted by Crippen LogP contribution is 2.48. The van der Waals surface area contributed by atoms with Crippen molar-refractivity contribution in [3.05, 3.63) is 47.1 Å². The second-order valence-electron chi connectivity index (χ2n) is 11.3. The Bertz CT molecular complexity index is 1580. The molecule has 0 spiro atoms. The molecule has 1 fully saturated rings. The van der Waals surface area contributed by atoms with E-state index in [1.165, 1.54) is 23.0 Å². The van der Waals surface area contributed by atoms with Gasteiger partial charge >= 0.3 is 19.9 Å². The van der Waals surface area contributed by atoms with E-state index in [1.54, 1.807) is 39.8 Å². The summed E-state index contributed by atoms with van der Waals surface area (Å²) >= 11 is 6.24. The van der Waals surface area contributed by atoms with Crippen LogP contribution in [-0.4, -0.2) is 88.1 Å². The van der Waals surface area contributed by atoms with E-state index in [9.17, 15) is 23.7 Å². The van der Waals surface area contributed by atoms with Crippen molar-refractivity contribution in [1.82, 2.24) is 19.7 Å². The molecule has 0 bridgehead atoms. The summed E-state index contributed by atoms with van der Waals surface area (Å²) in [6, 6.07) is 5.72. The zero-order valence-electron chi connectivity index (χ0n) is 27.3. The molecule has 3 heterocycles. The van der Waals surface area contributed by atoms with E-state index in [-0.39, 0.29) is 35.8 Å². The van der Waals surface area contributed by atoms with Gasteiger partial charge in [-0.25, -0.2) is 18.7 Å². The van der Waals surface area contributed by atoms with Crippen LogP contribution in [0.25, 0.3) is 11.0 Å². The van der Waals surface area contributed by atoms with E-state index in [0.717, 1.165) is 5.56 Å². The van der Waals surface area contributed by atoms with Crippen LogP contribution in [-0.2, 0) is 42.0 Å². The number of carbonyl (C=O) groups excluding carboxylic acids is 2. The molecule has 270 valence electrons. The summed E-state index contributed by atoms with van der Waals surface area (Å²) in [5, 5.41) is 18.9. The van der Waals surface area contributed by atoms with Crippen LogP contribution in [0, 0.1) is 5.82 Å². The fourth-order valence-corrected chi connectivity index (χ4v) is 5.61. The number of ether oxygens (including phenoxy) is 6. The summed E-state index contributed by atoms with van der Waals surface area (Å²) in [7, 11) is -4.20. The fourth-order valence-electron chi connectivity index (χ4n) is 4.46. The number of rotatable bonds is 16. The van der Waals surface area contributed by atoms with Gasteiger partial charge in [-0.3, -0.25) is 13.6 Å². The summed E-state index contributed by atoms with van der Waals surface area (Å²) in [5.74, 6) is 0.00833. The number of nitrogens with one attached hydrogen (secondary N) is 1. The molecule has 2 N–H and O–H groups in total. The Morgan fingerprint density at radius 3 is 2.27 bits per heavy atom. The van der Waals surface area contributed by atoms with Crippen molar-refractivity contribution in [2.24, 2.45) is 0 Å². The molecule has 20 heteroatoms. The van der Waals surface area contributed by atoms with Gasteiger partial charge in [0.2, 0.25) is 18.9 Å². The molecule has 1 aliphatic rings. The quantitative estimate of drug-likeness (QED) is 0.0787. The van der Waals surface area contributed by atoms with E-state index in [2.05, 4.69) is 20.4 Å². The van der Waals surface area contributed by atoms with E-state index < -0.39 is 70.5 Å². The number of fused-ring (bicyclic) bond motifs is 1. The number of aliphatic hydroxyl groups excluding tert-OH is 1. The SMILES string of the molecule is CC(C)OC(=O)OCOP(=O)(COC[C@@H]1C[C@@H](O)[C@H](n2ncc3c(N[C@@H](C)c4ccc(F)cc4)nc(Cl)nc32)O1)OCOC(=O)OC(C)C.